The fourth-order valence-electron chi connectivity index (χ4n) is 2.53. The van der Waals surface area contributed by atoms with Gasteiger partial charge in [0.05, 0.1) is 23.9 Å². The molecule has 0 saturated carbocycles. The summed E-state index contributed by atoms with van der Waals surface area (Å²) in [5.41, 5.74) is 0.280. The van der Waals surface area contributed by atoms with Gasteiger partial charge in [-0.1, -0.05) is 12.1 Å². The summed E-state index contributed by atoms with van der Waals surface area (Å²) in [7, 11) is 0.596. The molecule has 1 aromatic rings. The van der Waals surface area contributed by atoms with Gasteiger partial charge in [-0.25, -0.2) is 4.79 Å². The predicted octanol–water partition coefficient (Wildman–Crippen LogP) is 2.33. The van der Waals surface area contributed by atoms with Crippen LogP contribution in [0.3, 0.4) is 0 Å². The van der Waals surface area contributed by atoms with E-state index in [1.807, 2.05) is 27.7 Å². The number of esters is 1. The van der Waals surface area contributed by atoms with Crippen LogP contribution in [0.5, 0.6) is 5.75 Å². The zero-order chi connectivity index (χ0) is 20.4. The molecule has 1 saturated heterocycles. The number of amides is 1. The maximum atomic E-state index is 11.6. The molecular formula is C19H26BNO6. The van der Waals surface area contributed by atoms with Crippen molar-refractivity contribution in [2.45, 2.75) is 45.8 Å². The number of nitrogens with one attached hydrogen (secondary N) is 1. The molecule has 1 amide bonds. The Morgan fingerprint density at radius 3 is 2.30 bits per heavy atom. The van der Waals surface area contributed by atoms with E-state index in [4.69, 9.17) is 9.31 Å². The van der Waals surface area contributed by atoms with E-state index in [9.17, 15) is 14.7 Å². The summed E-state index contributed by atoms with van der Waals surface area (Å²) in [6.45, 7) is 9.36. The van der Waals surface area contributed by atoms with Crippen LogP contribution in [0.1, 0.15) is 50.5 Å². The van der Waals surface area contributed by atoms with Gasteiger partial charge in [0.1, 0.15) is 5.75 Å². The third-order valence-corrected chi connectivity index (χ3v) is 4.89. The summed E-state index contributed by atoms with van der Waals surface area (Å²) in [4.78, 5) is 23.0. The van der Waals surface area contributed by atoms with Crippen molar-refractivity contribution in [3.63, 3.8) is 0 Å². The lowest BCUT2D eigenvalue weighted by atomic mass is 9.77. The number of aromatic hydroxyl groups is 1. The van der Waals surface area contributed by atoms with Crippen LogP contribution in [-0.2, 0) is 18.8 Å². The van der Waals surface area contributed by atoms with Crippen molar-refractivity contribution in [2.75, 3.05) is 13.7 Å². The number of carbonyl (C=O) groups excluding carboxylic acids is 2. The van der Waals surface area contributed by atoms with Gasteiger partial charge in [0.15, 0.2) is 0 Å². The third kappa shape index (κ3) is 4.70. The molecule has 2 N–H and O–H groups in total. The second-order valence-corrected chi connectivity index (χ2v) is 7.48. The van der Waals surface area contributed by atoms with Crippen LogP contribution in [0.25, 0.3) is 6.08 Å². The van der Waals surface area contributed by atoms with Gasteiger partial charge < -0.3 is 24.5 Å². The van der Waals surface area contributed by atoms with E-state index >= 15 is 0 Å². The van der Waals surface area contributed by atoms with Crippen molar-refractivity contribution < 1.29 is 28.7 Å². The highest BCUT2D eigenvalue weighted by atomic mass is 16.7. The quantitative estimate of drug-likeness (QED) is 0.606. The van der Waals surface area contributed by atoms with E-state index in [2.05, 4.69) is 10.1 Å². The van der Waals surface area contributed by atoms with Gasteiger partial charge in [-0.05, 0) is 45.3 Å². The van der Waals surface area contributed by atoms with Crippen molar-refractivity contribution in [1.29, 1.82) is 0 Å². The second kappa shape index (κ2) is 7.74. The molecule has 1 heterocycles. The fraction of sp³-hybridized carbons (Fsp3) is 0.474. The molecule has 1 aromatic carbocycles. The minimum Gasteiger partial charge on any atom is -0.507 e. The van der Waals surface area contributed by atoms with Gasteiger partial charge in [-0.2, -0.15) is 0 Å². The average Bonchev–Trinajstić information content (AvgIpc) is 2.79. The highest BCUT2D eigenvalue weighted by Gasteiger charge is 2.52. The second-order valence-electron chi connectivity index (χ2n) is 7.48. The van der Waals surface area contributed by atoms with E-state index in [1.54, 1.807) is 18.2 Å². The lowest BCUT2D eigenvalue weighted by molar-refractivity contribution is -0.118. The van der Waals surface area contributed by atoms with E-state index < -0.39 is 24.3 Å². The zero-order valence-corrected chi connectivity index (χ0v) is 16.6. The Morgan fingerprint density at radius 1 is 1.22 bits per heavy atom. The predicted molar refractivity (Wildman–Crippen MR) is 102 cm³/mol. The Labute approximate surface area is 159 Å². The first-order valence-electron chi connectivity index (χ1n) is 8.69. The van der Waals surface area contributed by atoms with Crippen LogP contribution in [-0.4, -0.2) is 49.0 Å². The standard InChI is InChI=1S/C19H26BNO6/c1-12(22)21-11-15(20-26-18(2,3)19(4,5)27-20)9-13-7-8-14(10-16(13)23)17(24)25-6/h7-10,23H,11H2,1-6H3,(H,21,22). The Morgan fingerprint density at radius 2 is 1.81 bits per heavy atom. The monoisotopic (exact) mass is 375 g/mol. The molecule has 0 radical (unpaired) electrons. The van der Waals surface area contributed by atoms with Crippen LogP contribution >= 0.6 is 0 Å². The molecule has 0 aromatic heterocycles. The van der Waals surface area contributed by atoms with E-state index in [1.165, 1.54) is 20.1 Å². The maximum absolute atomic E-state index is 11.6. The van der Waals surface area contributed by atoms with Crippen molar-refractivity contribution >= 4 is 25.1 Å². The summed E-state index contributed by atoms with van der Waals surface area (Å²) in [6, 6.07) is 4.48. The topological polar surface area (TPSA) is 94.1 Å². The first kappa shape index (κ1) is 21.0. The number of methoxy groups -OCH3 is 1. The largest absolute Gasteiger partial charge is 0.507 e. The minimum atomic E-state index is -0.679. The normalized spacial score (nSPS) is 18.3. The highest BCUT2D eigenvalue weighted by Crippen LogP contribution is 2.39. The number of carbonyl (C=O) groups is 2. The van der Waals surface area contributed by atoms with Crippen molar-refractivity contribution in [3.05, 3.63) is 34.8 Å². The smallest absolute Gasteiger partial charge is 0.492 e. The zero-order valence-electron chi connectivity index (χ0n) is 16.6. The average molecular weight is 375 g/mol. The van der Waals surface area contributed by atoms with Gasteiger partial charge >= 0.3 is 13.1 Å². The molecule has 8 heteroatoms. The molecule has 1 aliphatic rings. The summed E-state index contributed by atoms with van der Waals surface area (Å²) in [5, 5.41) is 13.0. The van der Waals surface area contributed by atoms with E-state index in [0.717, 1.165) is 0 Å². The molecule has 27 heavy (non-hydrogen) atoms. The molecule has 0 aliphatic carbocycles. The van der Waals surface area contributed by atoms with Gasteiger partial charge in [0.25, 0.3) is 0 Å². The maximum Gasteiger partial charge on any atom is 0.492 e. The first-order valence-corrected chi connectivity index (χ1v) is 8.69. The summed E-state index contributed by atoms with van der Waals surface area (Å²) in [6.07, 6.45) is 1.69. The number of ether oxygens (including phenoxy) is 1. The summed E-state index contributed by atoms with van der Waals surface area (Å²) >= 11 is 0. The molecule has 1 fully saturated rings. The molecular weight excluding hydrogens is 349 g/mol. The Bertz CT molecular complexity index is 755. The SMILES string of the molecule is COC(=O)c1ccc(C=C(CNC(C)=O)B2OC(C)(C)C(C)(C)O2)c(O)c1. The number of hydrogen-bond donors (Lipinski definition) is 2. The number of phenolic OH excluding ortho intramolecular Hbond substituents is 1. The van der Waals surface area contributed by atoms with Crippen LogP contribution in [0.15, 0.2) is 23.7 Å². The molecule has 0 atom stereocenters. The van der Waals surface area contributed by atoms with Crippen LogP contribution < -0.4 is 5.32 Å². The fourth-order valence-corrected chi connectivity index (χ4v) is 2.53. The molecule has 1 aliphatic heterocycles. The number of rotatable bonds is 5. The first-order chi connectivity index (χ1) is 12.5. The third-order valence-electron chi connectivity index (χ3n) is 4.89. The lowest BCUT2D eigenvalue weighted by Gasteiger charge is -2.32. The van der Waals surface area contributed by atoms with Crippen molar-refractivity contribution in [3.8, 4) is 5.75 Å². The van der Waals surface area contributed by atoms with Crippen molar-refractivity contribution in [1.82, 2.24) is 5.32 Å². The number of phenols is 1. The Balaban J connectivity index is 2.37. The highest BCUT2D eigenvalue weighted by molar-refractivity contribution is 6.56. The number of hydrogen-bond acceptors (Lipinski definition) is 6. The number of benzene rings is 1. The van der Waals surface area contributed by atoms with Crippen LogP contribution in [0, 0.1) is 0 Å². The lowest BCUT2D eigenvalue weighted by Crippen LogP contribution is -2.41. The van der Waals surface area contributed by atoms with Crippen LogP contribution in [0.4, 0.5) is 0 Å². The van der Waals surface area contributed by atoms with Gasteiger partial charge in [-0.15, -0.1) is 0 Å². The molecule has 0 unspecified atom stereocenters. The molecule has 2 rings (SSSR count). The van der Waals surface area contributed by atoms with Gasteiger partial charge in [-0.3, -0.25) is 4.79 Å². The Hall–Kier alpha value is -2.32. The molecule has 0 bridgehead atoms. The summed E-state index contributed by atoms with van der Waals surface area (Å²) < 4.78 is 16.8. The van der Waals surface area contributed by atoms with E-state index in [-0.39, 0.29) is 23.8 Å². The molecule has 7 nitrogen and oxygen atoms in total. The summed E-state index contributed by atoms with van der Waals surface area (Å²) in [5.74, 6) is -0.817. The van der Waals surface area contributed by atoms with Crippen molar-refractivity contribution in [2.24, 2.45) is 0 Å². The molecule has 0 spiro atoms. The van der Waals surface area contributed by atoms with Gasteiger partial charge in [0.2, 0.25) is 5.91 Å². The Kier molecular flexibility index (Phi) is 6.02. The molecule has 146 valence electrons. The van der Waals surface area contributed by atoms with Gasteiger partial charge in [0, 0.05) is 19.0 Å². The minimum absolute atomic E-state index is 0.0882. The van der Waals surface area contributed by atoms with Crippen LogP contribution in [0.2, 0.25) is 0 Å². The van der Waals surface area contributed by atoms with E-state index in [0.29, 0.717) is 11.0 Å².